The van der Waals surface area contributed by atoms with Crippen LogP contribution >= 0.6 is 34.2 Å². The van der Waals surface area contributed by atoms with E-state index in [0.29, 0.717) is 5.02 Å². The van der Waals surface area contributed by atoms with E-state index in [9.17, 15) is 0 Å². The lowest BCUT2D eigenvalue weighted by molar-refractivity contribution is 0.528. The van der Waals surface area contributed by atoms with E-state index < -0.39 is 0 Å². The number of nitrogens with two attached hydrogens (primary N) is 1. The van der Waals surface area contributed by atoms with Crippen LogP contribution in [-0.2, 0) is 13.5 Å². The lowest BCUT2D eigenvalue weighted by atomic mass is 10.0. The third-order valence-corrected chi connectivity index (χ3v) is 4.06. The number of halogens is 2. The predicted octanol–water partition coefficient (Wildman–Crippen LogP) is 2.43. The van der Waals surface area contributed by atoms with E-state index in [0.717, 1.165) is 21.4 Å². The van der Waals surface area contributed by atoms with Crippen LogP contribution in [0.15, 0.2) is 30.6 Å². The van der Waals surface area contributed by atoms with Crippen LogP contribution in [0, 0.1) is 3.57 Å². The molecule has 0 bridgehead atoms. The van der Waals surface area contributed by atoms with E-state index >= 15 is 0 Å². The van der Waals surface area contributed by atoms with Crippen LogP contribution in [0.25, 0.3) is 0 Å². The molecule has 2 aromatic rings. The molecule has 0 saturated carbocycles. The summed E-state index contributed by atoms with van der Waals surface area (Å²) in [6.07, 6.45) is 4.42. The molecule has 0 fully saturated rings. The zero-order valence-electron chi connectivity index (χ0n) is 9.90. The molecular weight excluding hydrogens is 363 g/mol. The number of hydrogen-bond donors (Lipinski definition) is 2. The van der Waals surface area contributed by atoms with Gasteiger partial charge >= 0.3 is 0 Å². The van der Waals surface area contributed by atoms with Crippen LogP contribution in [0.2, 0.25) is 5.02 Å². The maximum atomic E-state index is 6.04. The van der Waals surface area contributed by atoms with Crippen LogP contribution in [0.3, 0.4) is 0 Å². The van der Waals surface area contributed by atoms with Crippen LogP contribution in [-0.4, -0.2) is 9.55 Å². The van der Waals surface area contributed by atoms with Crippen molar-refractivity contribution in [2.75, 3.05) is 0 Å². The first-order valence-electron chi connectivity index (χ1n) is 5.49. The van der Waals surface area contributed by atoms with Gasteiger partial charge in [0.1, 0.15) is 5.82 Å². The summed E-state index contributed by atoms with van der Waals surface area (Å²) < 4.78 is 3.12. The fraction of sp³-hybridized carbons (Fsp3) is 0.250. The Morgan fingerprint density at radius 1 is 1.56 bits per heavy atom. The normalized spacial score (nSPS) is 12.7. The summed E-state index contributed by atoms with van der Waals surface area (Å²) in [5.74, 6) is 6.64. The number of nitrogens with one attached hydrogen (secondary N) is 1. The standard InChI is InChI=1S/C12H14ClIN4/c1-18-5-4-16-12(18)7-11(17-15)9-6-8(13)2-3-10(9)14/h2-6,11,17H,7,15H2,1H3. The Morgan fingerprint density at radius 2 is 2.33 bits per heavy atom. The first kappa shape index (κ1) is 13.8. The molecule has 0 aliphatic heterocycles. The Labute approximate surface area is 125 Å². The van der Waals surface area contributed by atoms with Gasteiger partial charge in [-0.3, -0.25) is 11.3 Å². The molecule has 4 nitrogen and oxygen atoms in total. The molecule has 0 spiro atoms. The van der Waals surface area contributed by atoms with Crippen LogP contribution in [0.4, 0.5) is 0 Å². The van der Waals surface area contributed by atoms with Gasteiger partial charge in [0.25, 0.3) is 0 Å². The molecule has 96 valence electrons. The van der Waals surface area contributed by atoms with E-state index in [1.54, 1.807) is 6.20 Å². The number of nitrogens with zero attached hydrogens (tertiary/aromatic N) is 2. The zero-order valence-corrected chi connectivity index (χ0v) is 12.8. The van der Waals surface area contributed by atoms with Crippen molar-refractivity contribution in [2.24, 2.45) is 12.9 Å². The van der Waals surface area contributed by atoms with Gasteiger partial charge in [-0.1, -0.05) is 11.6 Å². The number of hydrazine groups is 1. The first-order chi connectivity index (χ1) is 8.61. The largest absolute Gasteiger partial charge is 0.338 e. The molecule has 0 aliphatic carbocycles. The van der Waals surface area contributed by atoms with Gasteiger partial charge < -0.3 is 4.57 Å². The van der Waals surface area contributed by atoms with Crippen molar-refractivity contribution in [3.05, 3.63) is 50.6 Å². The Bertz CT molecular complexity index is 541. The minimum atomic E-state index is -0.00306. The Hall–Kier alpha value is -0.630. The average molecular weight is 377 g/mol. The predicted molar refractivity (Wildman–Crippen MR) is 81.1 cm³/mol. The van der Waals surface area contributed by atoms with Crippen LogP contribution in [0.1, 0.15) is 17.4 Å². The van der Waals surface area contributed by atoms with E-state index in [4.69, 9.17) is 17.4 Å². The number of benzene rings is 1. The Kier molecular flexibility index (Phi) is 4.60. The second-order valence-corrected chi connectivity index (χ2v) is 5.64. The maximum Gasteiger partial charge on any atom is 0.110 e. The highest BCUT2D eigenvalue weighted by Crippen LogP contribution is 2.25. The topological polar surface area (TPSA) is 55.9 Å². The Balaban J connectivity index is 2.28. The molecule has 0 saturated heterocycles. The summed E-state index contributed by atoms with van der Waals surface area (Å²) in [6.45, 7) is 0. The fourth-order valence-corrected chi connectivity index (χ4v) is 2.71. The third kappa shape index (κ3) is 3.03. The number of aromatic nitrogens is 2. The molecule has 0 aliphatic rings. The third-order valence-electron chi connectivity index (χ3n) is 2.84. The lowest BCUT2D eigenvalue weighted by Gasteiger charge is -2.18. The monoisotopic (exact) mass is 376 g/mol. The Morgan fingerprint density at radius 3 is 2.94 bits per heavy atom. The minimum Gasteiger partial charge on any atom is -0.338 e. The van der Waals surface area contributed by atoms with Gasteiger partial charge in [0, 0.05) is 34.5 Å². The fourth-order valence-electron chi connectivity index (χ4n) is 1.82. The molecule has 1 atom stereocenters. The lowest BCUT2D eigenvalue weighted by Crippen LogP contribution is -2.30. The molecule has 1 heterocycles. The highest BCUT2D eigenvalue weighted by Gasteiger charge is 2.16. The zero-order chi connectivity index (χ0) is 13.1. The summed E-state index contributed by atoms with van der Waals surface area (Å²) in [4.78, 5) is 4.31. The van der Waals surface area contributed by atoms with Gasteiger partial charge in [-0.05, 0) is 46.4 Å². The van der Waals surface area contributed by atoms with Gasteiger partial charge in [0.2, 0.25) is 0 Å². The van der Waals surface area contributed by atoms with E-state index in [1.807, 2.05) is 36.0 Å². The average Bonchev–Trinajstić information content (AvgIpc) is 2.75. The number of aryl methyl sites for hydroxylation is 1. The molecule has 18 heavy (non-hydrogen) atoms. The van der Waals surface area contributed by atoms with Crippen molar-refractivity contribution in [3.63, 3.8) is 0 Å². The van der Waals surface area contributed by atoms with Gasteiger partial charge in [-0.25, -0.2) is 4.98 Å². The van der Waals surface area contributed by atoms with Crippen molar-refractivity contribution < 1.29 is 0 Å². The summed E-state index contributed by atoms with van der Waals surface area (Å²) in [5.41, 5.74) is 3.93. The maximum absolute atomic E-state index is 6.04. The smallest absolute Gasteiger partial charge is 0.110 e. The van der Waals surface area contributed by atoms with Gasteiger partial charge in [0.05, 0.1) is 6.04 Å². The molecular formula is C12H14ClIN4. The van der Waals surface area contributed by atoms with Gasteiger partial charge in [-0.15, -0.1) is 0 Å². The molecule has 0 radical (unpaired) electrons. The SMILES string of the molecule is Cn1ccnc1CC(NN)c1cc(Cl)ccc1I. The number of rotatable bonds is 4. The quantitative estimate of drug-likeness (QED) is 0.489. The summed E-state index contributed by atoms with van der Waals surface area (Å²) in [5, 5.41) is 0.713. The van der Waals surface area contributed by atoms with Crippen LogP contribution in [0.5, 0.6) is 0 Å². The van der Waals surface area contributed by atoms with Crippen molar-refractivity contribution in [2.45, 2.75) is 12.5 Å². The van der Waals surface area contributed by atoms with Crippen LogP contribution < -0.4 is 11.3 Å². The highest BCUT2D eigenvalue weighted by molar-refractivity contribution is 14.1. The second kappa shape index (κ2) is 6.01. The van der Waals surface area contributed by atoms with Crippen molar-refractivity contribution in [1.29, 1.82) is 0 Å². The molecule has 6 heteroatoms. The number of imidazole rings is 1. The summed E-state index contributed by atoms with van der Waals surface area (Å²) >= 11 is 8.32. The highest BCUT2D eigenvalue weighted by atomic mass is 127. The second-order valence-electron chi connectivity index (χ2n) is 4.04. The molecule has 0 amide bonds. The van der Waals surface area contributed by atoms with E-state index in [-0.39, 0.29) is 6.04 Å². The molecule has 2 rings (SSSR count). The van der Waals surface area contributed by atoms with E-state index in [2.05, 4.69) is 33.0 Å². The van der Waals surface area contributed by atoms with Gasteiger partial charge in [0.15, 0.2) is 0 Å². The summed E-state index contributed by atoms with van der Waals surface area (Å²) in [7, 11) is 1.97. The summed E-state index contributed by atoms with van der Waals surface area (Å²) in [6, 6.07) is 5.80. The van der Waals surface area contributed by atoms with Crippen molar-refractivity contribution in [3.8, 4) is 0 Å². The van der Waals surface area contributed by atoms with Gasteiger partial charge in [-0.2, -0.15) is 0 Å². The van der Waals surface area contributed by atoms with E-state index in [1.165, 1.54) is 0 Å². The number of hydrogen-bond acceptors (Lipinski definition) is 3. The molecule has 3 N–H and O–H groups in total. The molecule has 1 aromatic heterocycles. The molecule has 1 unspecified atom stereocenters. The first-order valence-corrected chi connectivity index (χ1v) is 6.94. The molecule has 1 aromatic carbocycles. The van der Waals surface area contributed by atoms with Crippen molar-refractivity contribution in [1.82, 2.24) is 15.0 Å². The van der Waals surface area contributed by atoms with Crippen molar-refractivity contribution >= 4 is 34.2 Å². The minimum absolute atomic E-state index is 0.00306.